The number of nitrogens with one attached hydrogen (secondary N) is 1. The largest absolute Gasteiger partial charge is 0.310 e. The molecule has 90 valence electrons. The predicted octanol–water partition coefficient (Wildman–Crippen LogP) is 3.34. The molecule has 0 saturated carbocycles. The van der Waals surface area contributed by atoms with Gasteiger partial charge in [0.2, 0.25) is 0 Å². The number of hydrogen-bond acceptors (Lipinski definition) is 1. The van der Waals surface area contributed by atoms with Gasteiger partial charge < -0.3 is 5.32 Å². The van der Waals surface area contributed by atoms with Crippen LogP contribution >= 0.6 is 12.4 Å². The maximum atomic E-state index is 13.0. The minimum Gasteiger partial charge on any atom is -0.310 e. The summed E-state index contributed by atoms with van der Waals surface area (Å²) in [5.41, 5.74) is 0.492. The van der Waals surface area contributed by atoms with Crippen molar-refractivity contribution >= 4 is 12.4 Å². The van der Waals surface area contributed by atoms with E-state index in [4.69, 9.17) is 0 Å². The van der Waals surface area contributed by atoms with Crippen molar-refractivity contribution in [1.29, 1.82) is 0 Å². The highest BCUT2D eigenvalue weighted by Crippen LogP contribution is 2.25. The van der Waals surface area contributed by atoms with Gasteiger partial charge in [-0.3, -0.25) is 0 Å². The van der Waals surface area contributed by atoms with Crippen molar-refractivity contribution in [2.24, 2.45) is 0 Å². The molecule has 0 bridgehead atoms. The van der Waals surface area contributed by atoms with Gasteiger partial charge in [-0.25, -0.2) is 13.2 Å². The molecule has 1 aromatic rings. The minimum atomic E-state index is -1.39. The first kappa shape index (κ1) is 13.3. The second-order valence-electron chi connectivity index (χ2n) is 3.80. The summed E-state index contributed by atoms with van der Waals surface area (Å²) in [6, 6.07) is 2.09. The smallest absolute Gasteiger partial charge is 0.194 e. The monoisotopic (exact) mass is 251 g/mol. The van der Waals surface area contributed by atoms with Crippen molar-refractivity contribution in [3.05, 3.63) is 35.1 Å². The fourth-order valence-electron chi connectivity index (χ4n) is 1.91. The Morgan fingerprint density at radius 1 is 1.06 bits per heavy atom. The Hall–Kier alpha value is -0.740. The van der Waals surface area contributed by atoms with E-state index in [0.29, 0.717) is 5.56 Å². The van der Waals surface area contributed by atoms with Gasteiger partial charge in [0.1, 0.15) is 0 Å². The molecule has 5 heteroatoms. The lowest BCUT2D eigenvalue weighted by atomic mass is 9.97. The Bertz CT molecular complexity index is 341. The molecule has 1 N–H and O–H groups in total. The quantitative estimate of drug-likeness (QED) is 0.755. The summed E-state index contributed by atoms with van der Waals surface area (Å²) in [6.45, 7) is 0.839. The number of piperidine rings is 1. The lowest BCUT2D eigenvalue weighted by molar-refractivity contribution is 0.400. The molecule has 0 unspecified atom stereocenters. The van der Waals surface area contributed by atoms with Crippen LogP contribution in [0.5, 0.6) is 0 Å². The molecule has 0 aromatic heterocycles. The van der Waals surface area contributed by atoms with E-state index in [1.165, 1.54) is 0 Å². The van der Waals surface area contributed by atoms with E-state index >= 15 is 0 Å². The summed E-state index contributed by atoms with van der Waals surface area (Å²) in [4.78, 5) is 0. The molecule has 0 amide bonds. The highest BCUT2D eigenvalue weighted by Gasteiger charge is 2.18. The lowest BCUT2D eigenvalue weighted by Gasteiger charge is -2.23. The summed E-state index contributed by atoms with van der Waals surface area (Å²) in [7, 11) is 0. The summed E-state index contributed by atoms with van der Waals surface area (Å²) >= 11 is 0. The van der Waals surface area contributed by atoms with Gasteiger partial charge in [0.25, 0.3) is 0 Å². The average molecular weight is 252 g/mol. The highest BCUT2D eigenvalue weighted by atomic mass is 35.5. The van der Waals surface area contributed by atoms with Gasteiger partial charge in [-0.05, 0) is 37.1 Å². The van der Waals surface area contributed by atoms with Crippen molar-refractivity contribution in [2.45, 2.75) is 25.3 Å². The zero-order valence-corrected chi connectivity index (χ0v) is 9.42. The van der Waals surface area contributed by atoms with Gasteiger partial charge in [-0.1, -0.05) is 6.42 Å². The van der Waals surface area contributed by atoms with Crippen molar-refractivity contribution < 1.29 is 13.2 Å². The second kappa shape index (κ2) is 5.55. The lowest BCUT2D eigenvalue weighted by Crippen LogP contribution is -2.27. The normalized spacial score (nSPS) is 20.3. The first-order chi connectivity index (χ1) is 7.18. The zero-order valence-electron chi connectivity index (χ0n) is 8.60. The van der Waals surface area contributed by atoms with Crippen LogP contribution < -0.4 is 5.32 Å². The molecule has 1 nitrogen and oxygen atoms in total. The fraction of sp³-hybridized carbons (Fsp3) is 0.455. The SMILES string of the molecule is Cl.Fc1cc([C@@H]2CCCCN2)cc(F)c1F. The number of hydrogen-bond donors (Lipinski definition) is 1. The van der Waals surface area contributed by atoms with Crippen molar-refractivity contribution in [3.63, 3.8) is 0 Å². The first-order valence-electron chi connectivity index (χ1n) is 5.06. The summed E-state index contributed by atoms with van der Waals surface area (Å²) in [6.07, 6.45) is 2.94. The topological polar surface area (TPSA) is 12.0 Å². The Morgan fingerprint density at radius 3 is 2.19 bits per heavy atom. The molecule has 1 atom stereocenters. The highest BCUT2D eigenvalue weighted by molar-refractivity contribution is 5.85. The molecule has 0 radical (unpaired) electrons. The van der Waals surface area contributed by atoms with Crippen molar-refractivity contribution in [1.82, 2.24) is 5.32 Å². The third-order valence-corrected chi connectivity index (χ3v) is 2.72. The average Bonchev–Trinajstić information content (AvgIpc) is 2.26. The predicted molar refractivity (Wildman–Crippen MR) is 58.2 cm³/mol. The minimum absolute atomic E-state index is 0. The van der Waals surface area contributed by atoms with Crippen LogP contribution in [0.15, 0.2) is 12.1 Å². The van der Waals surface area contributed by atoms with E-state index in [2.05, 4.69) is 5.32 Å². The molecule has 16 heavy (non-hydrogen) atoms. The van der Waals surface area contributed by atoms with Gasteiger partial charge in [0.15, 0.2) is 17.5 Å². The standard InChI is InChI=1S/C11H12F3N.ClH/c12-8-5-7(6-9(13)11(8)14)10-3-1-2-4-15-10;/h5-6,10,15H,1-4H2;1H/t10-;/m0./s1. The van der Waals surface area contributed by atoms with E-state index in [-0.39, 0.29) is 18.4 Å². The van der Waals surface area contributed by atoms with Crippen LogP contribution in [0.1, 0.15) is 30.9 Å². The van der Waals surface area contributed by atoms with Gasteiger partial charge in [0, 0.05) is 6.04 Å². The fourth-order valence-corrected chi connectivity index (χ4v) is 1.91. The van der Waals surface area contributed by atoms with E-state index < -0.39 is 17.5 Å². The van der Waals surface area contributed by atoms with Crippen LogP contribution in [0.2, 0.25) is 0 Å². The van der Waals surface area contributed by atoms with Gasteiger partial charge >= 0.3 is 0 Å². The third kappa shape index (κ3) is 2.68. The molecule has 1 aliphatic heterocycles. The summed E-state index contributed by atoms with van der Waals surface area (Å²) < 4.78 is 38.6. The summed E-state index contributed by atoms with van der Waals surface area (Å²) in [5.74, 6) is -3.62. The van der Waals surface area contributed by atoms with Crippen LogP contribution in [0, 0.1) is 17.5 Å². The Balaban J connectivity index is 0.00000128. The Morgan fingerprint density at radius 2 is 1.69 bits per heavy atom. The molecule has 1 aliphatic rings. The molecular weight excluding hydrogens is 239 g/mol. The van der Waals surface area contributed by atoms with Gasteiger partial charge in [-0.2, -0.15) is 0 Å². The molecular formula is C11H13ClF3N. The van der Waals surface area contributed by atoms with Crippen LogP contribution in [-0.2, 0) is 0 Å². The maximum absolute atomic E-state index is 13.0. The van der Waals surface area contributed by atoms with E-state index in [0.717, 1.165) is 37.9 Å². The van der Waals surface area contributed by atoms with E-state index in [1.54, 1.807) is 0 Å². The molecule has 0 spiro atoms. The number of rotatable bonds is 1. The molecule has 1 heterocycles. The molecule has 0 aliphatic carbocycles. The second-order valence-corrected chi connectivity index (χ2v) is 3.80. The van der Waals surface area contributed by atoms with Gasteiger partial charge in [0.05, 0.1) is 0 Å². The van der Waals surface area contributed by atoms with Gasteiger partial charge in [-0.15, -0.1) is 12.4 Å². The molecule has 1 saturated heterocycles. The van der Waals surface area contributed by atoms with E-state index in [9.17, 15) is 13.2 Å². The molecule has 1 aromatic carbocycles. The Kier molecular flexibility index (Phi) is 4.62. The number of halogens is 4. The van der Waals surface area contributed by atoms with Crippen LogP contribution in [0.3, 0.4) is 0 Å². The van der Waals surface area contributed by atoms with Crippen LogP contribution in [0.4, 0.5) is 13.2 Å². The van der Waals surface area contributed by atoms with E-state index in [1.807, 2.05) is 0 Å². The first-order valence-corrected chi connectivity index (χ1v) is 5.06. The van der Waals surface area contributed by atoms with Crippen LogP contribution in [0.25, 0.3) is 0 Å². The number of benzene rings is 1. The third-order valence-electron chi connectivity index (χ3n) is 2.72. The zero-order chi connectivity index (χ0) is 10.8. The van der Waals surface area contributed by atoms with Crippen molar-refractivity contribution in [2.75, 3.05) is 6.54 Å². The summed E-state index contributed by atoms with van der Waals surface area (Å²) in [5, 5.41) is 3.15. The van der Waals surface area contributed by atoms with Crippen molar-refractivity contribution in [3.8, 4) is 0 Å². The molecule has 2 rings (SSSR count). The Labute approximate surface area is 98.4 Å². The maximum Gasteiger partial charge on any atom is 0.194 e. The molecule has 1 fully saturated rings. The van der Waals surface area contributed by atoms with Crippen LogP contribution in [-0.4, -0.2) is 6.54 Å².